The zero-order valence-electron chi connectivity index (χ0n) is 11.5. The van der Waals surface area contributed by atoms with E-state index in [1.807, 2.05) is 0 Å². The lowest BCUT2D eigenvalue weighted by molar-refractivity contribution is -0.144. The Morgan fingerprint density at radius 3 is 2.42 bits per heavy atom. The lowest BCUT2D eigenvalue weighted by atomic mass is 10.3. The van der Waals surface area contributed by atoms with Gasteiger partial charge in [-0.1, -0.05) is 13.5 Å². The molecule has 0 fully saturated rings. The second kappa shape index (κ2) is 8.12. The van der Waals surface area contributed by atoms with E-state index in [2.05, 4.69) is 6.58 Å². The van der Waals surface area contributed by atoms with Gasteiger partial charge < -0.3 is 14.4 Å². The Morgan fingerprint density at radius 2 is 2.00 bits per heavy atom. The molecule has 0 radical (unpaired) electrons. The predicted octanol–water partition coefficient (Wildman–Crippen LogP) is 2.28. The summed E-state index contributed by atoms with van der Waals surface area (Å²) in [7, 11) is -2.97. The van der Waals surface area contributed by atoms with E-state index in [9.17, 15) is 14.2 Å². The van der Waals surface area contributed by atoms with E-state index in [0.29, 0.717) is 0 Å². The summed E-state index contributed by atoms with van der Waals surface area (Å²) in [6.07, 6.45) is -0.527. The Morgan fingerprint density at radius 1 is 1.42 bits per heavy atom. The van der Waals surface area contributed by atoms with Crippen molar-refractivity contribution >= 4 is 19.3 Å². The summed E-state index contributed by atoms with van der Waals surface area (Å²) in [5, 5.41) is 8.57. The topological polar surface area (TPSA) is 89.9 Å². The highest BCUT2D eigenvalue weighted by atomic mass is 31.2. The van der Waals surface area contributed by atoms with Crippen molar-refractivity contribution in [2.24, 2.45) is 0 Å². The van der Waals surface area contributed by atoms with Gasteiger partial charge in [0.05, 0.1) is 13.0 Å². The van der Waals surface area contributed by atoms with Gasteiger partial charge in [-0.05, 0) is 13.8 Å². The number of hydrogen-bond acceptors (Lipinski definition) is 5. The minimum Gasteiger partial charge on any atom is -0.481 e. The van der Waals surface area contributed by atoms with Crippen LogP contribution in [0.1, 0.15) is 27.2 Å². The average molecular weight is 292 g/mol. The van der Waals surface area contributed by atoms with Crippen molar-refractivity contribution in [3.05, 3.63) is 12.2 Å². The van der Waals surface area contributed by atoms with Crippen LogP contribution in [0.25, 0.3) is 0 Å². The molecule has 0 amide bonds. The summed E-state index contributed by atoms with van der Waals surface area (Å²) in [6.45, 7) is 8.23. The monoisotopic (exact) mass is 292 g/mol. The number of esters is 1. The molecule has 0 aromatic carbocycles. The van der Waals surface area contributed by atoms with Crippen molar-refractivity contribution in [1.29, 1.82) is 0 Å². The van der Waals surface area contributed by atoms with Crippen LogP contribution in [0.15, 0.2) is 12.2 Å². The van der Waals surface area contributed by atoms with Crippen LogP contribution in [0.5, 0.6) is 0 Å². The van der Waals surface area contributed by atoms with E-state index in [1.54, 1.807) is 13.8 Å². The van der Waals surface area contributed by atoms with Gasteiger partial charge in [0, 0.05) is 17.9 Å². The smallest absolute Gasteiger partial charge is 0.333 e. The molecule has 1 N–H and O–H groups in total. The van der Waals surface area contributed by atoms with Crippen LogP contribution in [-0.2, 0) is 23.4 Å². The van der Waals surface area contributed by atoms with Gasteiger partial charge in [0.15, 0.2) is 0 Å². The molecule has 6 nitrogen and oxygen atoms in total. The molecule has 0 aliphatic heterocycles. The molecule has 19 heavy (non-hydrogen) atoms. The van der Waals surface area contributed by atoms with E-state index >= 15 is 0 Å². The Hall–Kier alpha value is -1.13. The van der Waals surface area contributed by atoms with Gasteiger partial charge in [-0.2, -0.15) is 0 Å². The van der Waals surface area contributed by atoms with Crippen molar-refractivity contribution in [3.63, 3.8) is 0 Å². The van der Waals surface area contributed by atoms with Crippen LogP contribution in [0, 0.1) is 0 Å². The summed E-state index contributed by atoms with van der Waals surface area (Å²) in [5.41, 5.74) is 0.274. The van der Waals surface area contributed by atoms with Gasteiger partial charge in [-0.15, -0.1) is 0 Å². The predicted molar refractivity (Wildman–Crippen MR) is 71.6 cm³/mol. The van der Waals surface area contributed by atoms with Gasteiger partial charge in [0.2, 0.25) is 7.37 Å². The molecule has 0 aliphatic carbocycles. The van der Waals surface area contributed by atoms with Crippen molar-refractivity contribution in [2.75, 3.05) is 18.9 Å². The molecule has 2 atom stereocenters. The second-order valence-corrected chi connectivity index (χ2v) is 7.26. The maximum Gasteiger partial charge on any atom is 0.333 e. The molecular weight excluding hydrogens is 271 g/mol. The van der Waals surface area contributed by atoms with Crippen molar-refractivity contribution in [2.45, 2.75) is 33.3 Å². The maximum atomic E-state index is 12.2. The molecule has 0 aromatic heterocycles. The normalized spacial score (nSPS) is 15.3. The third-order valence-electron chi connectivity index (χ3n) is 2.35. The van der Waals surface area contributed by atoms with Crippen LogP contribution >= 0.6 is 7.37 Å². The summed E-state index contributed by atoms with van der Waals surface area (Å²) in [5.74, 6) is -1.55. The molecule has 2 unspecified atom stereocenters. The molecule has 0 aromatic rings. The van der Waals surface area contributed by atoms with Crippen LogP contribution in [-0.4, -0.2) is 42.1 Å². The Labute approximate surface area is 113 Å². The zero-order chi connectivity index (χ0) is 15.1. The first-order valence-electron chi connectivity index (χ1n) is 6.01. The van der Waals surface area contributed by atoms with Gasteiger partial charge in [0.25, 0.3) is 0 Å². The number of ether oxygens (including phenoxy) is 1. The van der Waals surface area contributed by atoms with Crippen molar-refractivity contribution in [3.8, 4) is 0 Å². The highest BCUT2D eigenvalue weighted by Crippen LogP contribution is 2.47. The van der Waals surface area contributed by atoms with E-state index in [-0.39, 0.29) is 30.9 Å². The highest BCUT2D eigenvalue weighted by molar-refractivity contribution is 7.58. The highest BCUT2D eigenvalue weighted by Gasteiger charge is 2.23. The van der Waals surface area contributed by atoms with Crippen LogP contribution in [0.3, 0.4) is 0 Å². The SMILES string of the molecule is C=C(C)C(=O)OC(C)COP(=O)(CC)CCC(=O)O. The molecule has 0 bridgehead atoms. The first kappa shape index (κ1) is 17.9. The molecule has 0 saturated carbocycles. The van der Waals surface area contributed by atoms with E-state index in [1.165, 1.54) is 6.92 Å². The second-order valence-electron chi connectivity index (χ2n) is 4.29. The standard InChI is InChI=1S/C12H21O6P/c1-5-19(16,7-6-11(13)14)17-8-10(4)18-12(15)9(2)3/h10H,2,5-8H2,1,3-4H3,(H,13,14). The molecule has 0 aliphatic rings. The zero-order valence-corrected chi connectivity index (χ0v) is 12.4. The average Bonchev–Trinajstić information content (AvgIpc) is 2.33. The number of carboxylic acids is 1. The number of hydrogen-bond donors (Lipinski definition) is 1. The number of carboxylic acid groups (broad SMARTS) is 1. The molecule has 110 valence electrons. The lowest BCUT2D eigenvalue weighted by Gasteiger charge is -2.19. The van der Waals surface area contributed by atoms with Gasteiger partial charge >= 0.3 is 11.9 Å². The summed E-state index contributed by atoms with van der Waals surface area (Å²) in [6, 6.07) is 0. The Balaban J connectivity index is 4.26. The van der Waals surface area contributed by atoms with E-state index in [4.69, 9.17) is 14.4 Å². The van der Waals surface area contributed by atoms with Gasteiger partial charge in [-0.25, -0.2) is 4.79 Å². The van der Waals surface area contributed by atoms with Gasteiger partial charge in [-0.3, -0.25) is 9.36 Å². The molecule has 7 heteroatoms. The fraction of sp³-hybridized carbons (Fsp3) is 0.667. The first-order valence-corrected chi connectivity index (χ1v) is 8.00. The fourth-order valence-corrected chi connectivity index (χ4v) is 2.78. The quantitative estimate of drug-likeness (QED) is 0.398. The summed E-state index contributed by atoms with van der Waals surface area (Å²) < 4.78 is 22.4. The Kier molecular flexibility index (Phi) is 7.64. The molecule has 0 rings (SSSR count). The molecule has 0 saturated heterocycles. The van der Waals surface area contributed by atoms with Crippen LogP contribution in [0.4, 0.5) is 0 Å². The van der Waals surface area contributed by atoms with Crippen LogP contribution in [0.2, 0.25) is 0 Å². The number of aliphatic carboxylic acids is 1. The Bertz CT molecular complexity index is 390. The largest absolute Gasteiger partial charge is 0.481 e. The molecule has 0 spiro atoms. The minimum atomic E-state index is -2.97. The molecule has 0 heterocycles. The number of carbonyl (C=O) groups is 2. The third kappa shape index (κ3) is 7.80. The van der Waals surface area contributed by atoms with Crippen molar-refractivity contribution in [1.82, 2.24) is 0 Å². The summed E-state index contributed by atoms with van der Waals surface area (Å²) in [4.78, 5) is 21.7. The fourth-order valence-electron chi connectivity index (χ4n) is 1.14. The third-order valence-corrected chi connectivity index (χ3v) is 4.84. The van der Waals surface area contributed by atoms with E-state index in [0.717, 1.165) is 0 Å². The van der Waals surface area contributed by atoms with E-state index < -0.39 is 25.4 Å². The molecular formula is C12H21O6P. The van der Waals surface area contributed by atoms with Crippen molar-refractivity contribution < 1.29 is 28.5 Å². The number of carbonyl (C=O) groups excluding carboxylic acids is 1. The maximum absolute atomic E-state index is 12.2. The minimum absolute atomic E-state index is 0.0139. The summed E-state index contributed by atoms with van der Waals surface area (Å²) >= 11 is 0. The van der Waals surface area contributed by atoms with Crippen LogP contribution < -0.4 is 0 Å². The first-order chi connectivity index (χ1) is 8.70. The lowest BCUT2D eigenvalue weighted by Crippen LogP contribution is -2.20. The van der Waals surface area contributed by atoms with Gasteiger partial charge in [0.1, 0.15) is 6.10 Å². The number of rotatable bonds is 9.